The maximum absolute atomic E-state index is 12.8. The normalized spacial score (nSPS) is 14.2. The van der Waals surface area contributed by atoms with Crippen molar-refractivity contribution in [1.82, 2.24) is 24.4 Å². The molecule has 1 aliphatic heterocycles. The zero-order valence-corrected chi connectivity index (χ0v) is 16.9. The predicted octanol–water partition coefficient (Wildman–Crippen LogP) is 2.25. The molecule has 0 spiro atoms. The number of benzene rings is 1. The van der Waals surface area contributed by atoms with E-state index in [9.17, 15) is 4.79 Å². The number of hydrogen-bond acceptors (Lipinski definition) is 6. The van der Waals surface area contributed by atoms with Gasteiger partial charge in [0, 0.05) is 43.5 Å². The van der Waals surface area contributed by atoms with Crippen LogP contribution < -0.4 is 9.64 Å². The summed E-state index contributed by atoms with van der Waals surface area (Å²) in [6.45, 7) is 6.74. The molecular weight excluding hydrogens is 368 g/mol. The Morgan fingerprint density at radius 2 is 1.66 bits per heavy atom. The van der Waals surface area contributed by atoms with Gasteiger partial charge >= 0.3 is 0 Å². The molecule has 0 saturated carbocycles. The van der Waals surface area contributed by atoms with E-state index in [0.29, 0.717) is 18.7 Å². The van der Waals surface area contributed by atoms with Gasteiger partial charge in [-0.1, -0.05) is 0 Å². The van der Waals surface area contributed by atoms with Crippen LogP contribution in [0.4, 0.5) is 5.82 Å². The molecule has 2 aromatic heterocycles. The van der Waals surface area contributed by atoms with E-state index >= 15 is 0 Å². The van der Waals surface area contributed by atoms with E-state index in [0.717, 1.165) is 41.9 Å². The van der Waals surface area contributed by atoms with Gasteiger partial charge in [-0.3, -0.25) is 9.36 Å². The molecule has 0 radical (unpaired) electrons. The Bertz CT molecular complexity index is 1010. The minimum atomic E-state index is 0.0418. The lowest BCUT2D eigenvalue weighted by Gasteiger charge is -2.35. The third kappa shape index (κ3) is 3.78. The molecule has 1 amide bonds. The first-order chi connectivity index (χ1) is 14.1. The van der Waals surface area contributed by atoms with Gasteiger partial charge in [-0.05, 0) is 38.1 Å². The van der Waals surface area contributed by atoms with Crippen LogP contribution in [0.25, 0.3) is 5.82 Å². The molecule has 0 N–H and O–H groups in total. The number of ether oxygens (including phenoxy) is 1. The molecule has 1 saturated heterocycles. The monoisotopic (exact) mass is 392 g/mol. The second kappa shape index (κ2) is 7.90. The summed E-state index contributed by atoms with van der Waals surface area (Å²) >= 11 is 0. The Labute approximate surface area is 169 Å². The summed E-state index contributed by atoms with van der Waals surface area (Å²) in [4.78, 5) is 30.0. The van der Waals surface area contributed by atoms with Crippen LogP contribution in [-0.2, 0) is 0 Å². The van der Waals surface area contributed by atoms with E-state index in [-0.39, 0.29) is 5.91 Å². The highest BCUT2D eigenvalue weighted by atomic mass is 16.5. The molecule has 1 aliphatic rings. The Morgan fingerprint density at radius 3 is 2.28 bits per heavy atom. The lowest BCUT2D eigenvalue weighted by molar-refractivity contribution is 0.0746. The van der Waals surface area contributed by atoms with Gasteiger partial charge < -0.3 is 14.5 Å². The molecule has 8 nitrogen and oxygen atoms in total. The van der Waals surface area contributed by atoms with Gasteiger partial charge in [-0.15, -0.1) is 0 Å². The standard InChI is InChI=1S/C21H24N6O2/c1-15-16(2)27(14-24-15)20-12-19(22-13-23-20)25-8-10-26(11-9-25)21(28)17-4-6-18(29-3)7-5-17/h4-7,12-14H,8-11H2,1-3H3. The van der Waals surface area contributed by atoms with E-state index in [2.05, 4.69) is 19.9 Å². The van der Waals surface area contributed by atoms with Crippen molar-refractivity contribution in [2.45, 2.75) is 13.8 Å². The van der Waals surface area contributed by atoms with Gasteiger partial charge in [0.25, 0.3) is 5.91 Å². The van der Waals surface area contributed by atoms with Crippen LogP contribution in [0.2, 0.25) is 0 Å². The predicted molar refractivity (Wildman–Crippen MR) is 110 cm³/mol. The molecule has 0 bridgehead atoms. The number of anilines is 1. The van der Waals surface area contributed by atoms with Gasteiger partial charge in [0.15, 0.2) is 0 Å². The Hall–Kier alpha value is -3.42. The highest BCUT2D eigenvalue weighted by Gasteiger charge is 2.23. The first-order valence-electron chi connectivity index (χ1n) is 9.58. The van der Waals surface area contributed by atoms with E-state index in [1.54, 1.807) is 31.9 Å². The van der Waals surface area contributed by atoms with E-state index < -0.39 is 0 Å². The molecule has 0 aliphatic carbocycles. The van der Waals surface area contributed by atoms with Crippen LogP contribution >= 0.6 is 0 Å². The lowest BCUT2D eigenvalue weighted by atomic mass is 10.1. The Morgan fingerprint density at radius 1 is 0.966 bits per heavy atom. The highest BCUT2D eigenvalue weighted by Crippen LogP contribution is 2.19. The van der Waals surface area contributed by atoms with Gasteiger partial charge in [-0.25, -0.2) is 15.0 Å². The number of carbonyl (C=O) groups excluding carboxylic acids is 1. The highest BCUT2D eigenvalue weighted by molar-refractivity contribution is 5.94. The average Bonchev–Trinajstić information content (AvgIpc) is 3.12. The fourth-order valence-electron chi connectivity index (χ4n) is 3.43. The topological polar surface area (TPSA) is 76.4 Å². The van der Waals surface area contributed by atoms with E-state index in [1.807, 2.05) is 41.5 Å². The van der Waals surface area contributed by atoms with Crippen molar-refractivity contribution in [1.29, 1.82) is 0 Å². The number of piperazine rings is 1. The molecule has 0 atom stereocenters. The molecule has 4 rings (SSSR count). The summed E-state index contributed by atoms with van der Waals surface area (Å²) < 4.78 is 7.12. The average molecular weight is 392 g/mol. The maximum Gasteiger partial charge on any atom is 0.253 e. The number of nitrogens with zero attached hydrogens (tertiary/aromatic N) is 6. The van der Waals surface area contributed by atoms with Gasteiger partial charge in [0.1, 0.15) is 30.0 Å². The molecule has 150 valence electrons. The van der Waals surface area contributed by atoms with Crippen molar-refractivity contribution >= 4 is 11.7 Å². The second-order valence-corrected chi connectivity index (χ2v) is 7.03. The second-order valence-electron chi connectivity index (χ2n) is 7.03. The lowest BCUT2D eigenvalue weighted by Crippen LogP contribution is -2.49. The van der Waals surface area contributed by atoms with Crippen molar-refractivity contribution in [2.24, 2.45) is 0 Å². The van der Waals surface area contributed by atoms with Gasteiger partial charge in [-0.2, -0.15) is 0 Å². The number of carbonyl (C=O) groups is 1. The zero-order valence-electron chi connectivity index (χ0n) is 16.9. The third-order valence-electron chi connectivity index (χ3n) is 5.36. The fraction of sp³-hybridized carbons (Fsp3) is 0.333. The molecule has 1 aromatic carbocycles. The Kier molecular flexibility index (Phi) is 5.16. The van der Waals surface area contributed by atoms with Crippen LogP contribution in [-0.4, -0.2) is 63.6 Å². The van der Waals surface area contributed by atoms with E-state index in [4.69, 9.17) is 4.74 Å². The SMILES string of the molecule is COc1ccc(C(=O)N2CCN(c3cc(-n4cnc(C)c4C)ncn3)CC2)cc1. The van der Waals surface area contributed by atoms with Crippen molar-refractivity contribution in [3.63, 3.8) is 0 Å². The van der Waals surface area contributed by atoms with Crippen LogP contribution in [0.1, 0.15) is 21.7 Å². The van der Waals surface area contributed by atoms with Crippen molar-refractivity contribution < 1.29 is 9.53 Å². The largest absolute Gasteiger partial charge is 0.497 e. The van der Waals surface area contributed by atoms with Gasteiger partial charge in [0.05, 0.1) is 12.8 Å². The summed E-state index contributed by atoms with van der Waals surface area (Å²) in [6, 6.07) is 9.20. The molecule has 1 fully saturated rings. The first kappa shape index (κ1) is 18.9. The maximum atomic E-state index is 12.8. The molecule has 3 heterocycles. The van der Waals surface area contributed by atoms with Crippen molar-refractivity contribution in [3.05, 3.63) is 59.9 Å². The third-order valence-corrected chi connectivity index (χ3v) is 5.36. The summed E-state index contributed by atoms with van der Waals surface area (Å²) in [5.41, 5.74) is 2.72. The minimum Gasteiger partial charge on any atom is -0.497 e. The number of hydrogen-bond donors (Lipinski definition) is 0. The molecule has 3 aromatic rings. The smallest absolute Gasteiger partial charge is 0.253 e. The molecule has 8 heteroatoms. The van der Waals surface area contributed by atoms with Crippen LogP contribution in [0.5, 0.6) is 5.75 Å². The summed E-state index contributed by atoms with van der Waals surface area (Å²) in [5, 5.41) is 0. The molecular formula is C21H24N6O2. The fourth-order valence-corrected chi connectivity index (χ4v) is 3.43. The first-order valence-corrected chi connectivity index (χ1v) is 9.58. The number of imidazole rings is 1. The summed E-state index contributed by atoms with van der Waals surface area (Å²) in [5.74, 6) is 2.44. The zero-order chi connectivity index (χ0) is 20.4. The number of rotatable bonds is 4. The molecule has 0 unspecified atom stereocenters. The summed E-state index contributed by atoms with van der Waals surface area (Å²) in [7, 11) is 1.61. The Balaban J connectivity index is 1.43. The van der Waals surface area contributed by atoms with Gasteiger partial charge in [0.2, 0.25) is 0 Å². The van der Waals surface area contributed by atoms with Crippen molar-refractivity contribution in [2.75, 3.05) is 38.2 Å². The summed E-state index contributed by atoms with van der Waals surface area (Å²) in [6.07, 6.45) is 3.36. The van der Waals surface area contributed by atoms with Crippen molar-refractivity contribution in [3.8, 4) is 11.6 Å². The van der Waals surface area contributed by atoms with Crippen LogP contribution in [0.15, 0.2) is 43.0 Å². The number of methoxy groups -OCH3 is 1. The number of amides is 1. The minimum absolute atomic E-state index is 0.0418. The van der Waals surface area contributed by atoms with E-state index in [1.165, 1.54) is 0 Å². The number of aryl methyl sites for hydroxylation is 1. The van der Waals surface area contributed by atoms with Crippen LogP contribution in [0.3, 0.4) is 0 Å². The molecule has 29 heavy (non-hydrogen) atoms. The quantitative estimate of drug-likeness (QED) is 0.678. The van der Waals surface area contributed by atoms with Crippen LogP contribution in [0, 0.1) is 13.8 Å². The number of aromatic nitrogens is 4.